The van der Waals surface area contributed by atoms with Crippen molar-refractivity contribution in [2.45, 2.75) is 44.2 Å². The van der Waals surface area contributed by atoms with Crippen LogP contribution in [-0.2, 0) is 0 Å². The molecule has 2 aliphatic rings. The lowest BCUT2D eigenvalue weighted by Crippen LogP contribution is -2.53. The molecule has 0 saturated heterocycles. The van der Waals surface area contributed by atoms with Crippen LogP contribution in [0.25, 0.3) is 11.3 Å². The Hall–Kier alpha value is -1.85. The number of carbonyl (C=O) groups excluding carboxylic acids is 1. The van der Waals surface area contributed by atoms with Gasteiger partial charge in [0.25, 0.3) is 5.91 Å². The van der Waals surface area contributed by atoms with Crippen molar-refractivity contribution in [3.63, 3.8) is 0 Å². The van der Waals surface area contributed by atoms with Gasteiger partial charge in [-0.15, -0.1) is 12.4 Å². The van der Waals surface area contributed by atoms with Gasteiger partial charge in [0, 0.05) is 17.6 Å². The minimum Gasteiger partial charge on any atom is -0.349 e. The number of amides is 1. The van der Waals surface area contributed by atoms with Crippen molar-refractivity contribution in [2.75, 3.05) is 0 Å². The smallest absolute Gasteiger partial charge is 0.255 e. The number of nitrogens with two attached hydrogens (primary N) is 1. The summed E-state index contributed by atoms with van der Waals surface area (Å²) in [6, 6.07) is 10.4. The molecule has 5 nitrogen and oxygen atoms in total. The first kappa shape index (κ1) is 18.0. The van der Waals surface area contributed by atoms with E-state index in [1.165, 1.54) is 19.3 Å². The minimum atomic E-state index is -0.0278. The highest BCUT2D eigenvalue weighted by molar-refractivity contribution is 5.99. The van der Waals surface area contributed by atoms with E-state index in [2.05, 4.69) is 15.5 Å². The molecular weight excluding hydrogens is 336 g/mol. The summed E-state index contributed by atoms with van der Waals surface area (Å²) in [5.41, 5.74) is 8.57. The van der Waals surface area contributed by atoms with Gasteiger partial charge in [-0.1, -0.05) is 36.8 Å². The van der Waals surface area contributed by atoms with E-state index in [9.17, 15) is 4.79 Å². The van der Waals surface area contributed by atoms with E-state index in [0.29, 0.717) is 23.4 Å². The number of carbonyl (C=O) groups is 1. The fraction of sp³-hybridized carbons (Fsp3) is 0.474. The van der Waals surface area contributed by atoms with Crippen LogP contribution < -0.4 is 11.1 Å². The fourth-order valence-corrected chi connectivity index (χ4v) is 4.54. The third kappa shape index (κ3) is 3.58. The summed E-state index contributed by atoms with van der Waals surface area (Å²) < 4.78 is 0. The van der Waals surface area contributed by atoms with Crippen LogP contribution in [0, 0.1) is 11.8 Å². The van der Waals surface area contributed by atoms with Gasteiger partial charge in [-0.25, -0.2) is 0 Å². The van der Waals surface area contributed by atoms with Gasteiger partial charge in [-0.3, -0.25) is 9.89 Å². The number of fused-ring (bicyclic) bond motifs is 2. The minimum absolute atomic E-state index is 0. The van der Waals surface area contributed by atoms with E-state index in [1.54, 1.807) is 6.20 Å². The summed E-state index contributed by atoms with van der Waals surface area (Å²) >= 11 is 0. The highest BCUT2D eigenvalue weighted by atomic mass is 35.5. The van der Waals surface area contributed by atoms with E-state index < -0.39 is 0 Å². The summed E-state index contributed by atoms with van der Waals surface area (Å²) in [4.78, 5) is 12.9. The summed E-state index contributed by atoms with van der Waals surface area (Å²) in [5.74, 6) is 1.01. The van der Waals surface area contributed by atoms with Gasteiger partial charge < -0.3 is 11.1 Å². The number of aromatic amines is 1. The first-order valence-electron chi connectivity index (χ1n) is 8.87. The van der Waals surface area contributed by atoms with Crippen LogP contribution >= 0.6 is 12.4 Å². The second-order valence-electron chi connectivity index (χ2n) is 7.21. The lowest BCUT2D eigenvalue weighted by molar-refractivity contribution is 0.0756. The SMILES string of the molecule is Cl.NC1CC2CCCC(C1)C2NC(=O)c1cn[nH]c1-c1ccccc1. The molecule has 2 aliphatic carbocycles. The third-order valence-corrected chi connectivity index (χ3v) is 5.62. The molecule has 1 heterocycles. The Balaban J connectivity index is 0.00000182. The molecule has 2 fully saturated rings. The topological polar surface area (TPSA) is 83.8 Å². The zero-order valence-electron chi connectivity index (χ0n) is 14.2. The van der Waals surface area contributed by atoms with Gasteiger partial charge in [0.2, 0.25) is 0 Å². The van der Waals surface area contributed by atoms with E-state index in [4.69, 9.17) is 5.73 Å². The molecule has 25 heavy (non-hydrogen) atoms. The predicted molar refractivity (Wildman–Crippen MR) is 101 cm³/mol. The molecule has 2 aromatic rings. The van der Waals surface area contributed by atoms with Crippen LogP contribution in [0.2, 0.25) is 0 Å². The van der Waals surface area contributed by atoms with Crippen LogP contribution in [0.1, 0.15) is 42.5 Å². The van der Waals surface area contributed by atoms with Gasteiger partial charge in [0.05, 0.1) is 17.5 Å². The molecule has 1 aromatic heterocycles. The molecule has 4 N–H and O–H groups in total. The zero-order chi connectivity index (χ0) is 16.5. The number of rotatable bonds is 3. The Labute approximate surface area is 154 Å². The molecule has 4 rings (SSSR count). The van der Waals surface area contributed by atoms with Gasteiger partial charge >= 0.3 is 0 Å². The Morgan fingerprint density at radius 1 is 1.16 bits per heavy atom. The normalized spacial score (nSPS) is 28.0. The number of aromatic nitrogens is 2. The lowest BCUT2D eigenvalue weighted by Gasteiger charge is -2.45. The Bertz CT molecular complexity index is 703. The van der Waals surface area contributed by atoms with Crippen molar-refractivity contribution in [1.82, 2.24) is 15.5 Å². The molecule has 2 unspecified atom stereocenters. The number of hydrogen-bond donors (Lipinski definition) is 3. The number of nitrogens with one attached hydrogen (secondary N) is 2. The quantitative estimate of drug-likeness (QED) is 0.786. The predicted octanol–water partition coefficient (Wildman–Crippen LogP) is 3.13. The van der Waals surface area contributed by atoms with Crippen LogP contribution in [-0.4, -0.2) is 28.2 Å². The van der Waals surface area contributed by atoms with Crippen molar-refractivity contribution in [3.05, 3.63) is 42.1 Å². The van der Waals surface area contributed by atoms with Gasteiger partial charge in [0.15, 0.2) is 0 Å². The van der Waals surface area contributed by atoms with Crippen LogP contribution in [0.4, 0.5) is 0 Å². The second kappa shape index (κ2) is 7.58. The largest absolute Gasteiger partial charge is 0.349 e. The molecule has 1 aromatic carbocycles. The van der Waals surface area contributed by atoms with Gasteiger partial charge in [-0.05, 0) is 37.5 Å². The average Bonchev–Trinajstić information content (AvgIpc) is 3.06. The summed E-state index contributed by atoms with van der Waals surface area (Å²) in [5, 5.41) is 10.4. The molecule has 1 amide bonds. The van der Waals surface area contributed by atoms with Crippen molar-refractivity contribution >= 4 is 18.3 Å². The van der Waals surface area contributed by atoms with Gasteiger partial charge in [-0.2, -0.15) is 5.10 Å². The van der Waals surface area contributed by atoms with E-state index >= 15 is 0 Å². The molecule has 2 saturated carbocycles. The van der Waals surface area contributed by atoms with Crippen LogP contribution in [0.15, 0.2) is 36.5 Å². The standard InChI is InChI=1S/C19H24N4O.ClH/c20-15-9-13-7-4-8-14(10-15)17(13)22-19(24)16-11-21-23-18(16)12-5-2-1-3-6-12;/h1-3,5-6,11,13-15,17H,4,7-10,20H2,(H,21,23)(H,22,24);1H. The van der Waals surface area contributed by atoms with E-state index in [-0.39, 0.29) is 24.4 Å². The Morgan fingerprint density at radius 3 is 2.52 bits per heavy atom. The zero-order valence-corrected chi connectivity index (χ0v) is 15.0. The second-order valence-corrected chi connectivity index (χ2v) is 7.21. The number of hydrogen-bond acceptors (Lipinski definition) is 3. The van der Waals surface area contributed by atoms with E-state index in [0.717, 1.165) is 24.1 Å². The highest BCUT2D eigenvalue weighted by Crippen LogP contribution is 2.39. The summed E-state index contributed by atoms with van der Waals surface area (Å²) in [7, 11) is 0. The van der Waals surface area contributed by atoms with Crippen molar-refractivity contribution in [2.24, 2.45) is 17.6 Å². The molecule has 0 aliphatic heterocycles. The number of halogens is 1. The van der Waals surface area contributed by atoms with Crippen molar-refractivity contribution in [3.8, 4) is 11.3 Å². The highest BCUT2D eigenvalue weighted by Gasteiger charge is 2.40. The lowest BCUT2D eigenvalue weighted by atomic mass is 9.67. The third-order valence-electron chi connectivity index (χ3n) is 5.62. The molecular formula is C19H25ClN4O. The maximum atomic E-state index is 12.9. The number of benzene rings is 1. The van der Waals surface area contributed by atoms with E-state index in [1.807, 2.05) is 30.3 Å². The van der Waals surface area contributed by atoms with Gasteiger partial charge in [0.1, 0.15) is 0 Å². The first-order chi connectivity index (χ1) is 11.7. The Kier molecular flexibility index (Phi) is 5.45. The maximum Gasteiger partial charge on any atom is 0.255 e. The fourth-order valence-electron chi connectivity index (χ4n) is 4.54. The van der Waals surface area contributed by atoms with Crippen molar-refractivity contribution in [1.29, 1.82) is 0 Å². The molecule has 6 heteroatoms. The summed E-state index contributed by atoms with van der Waals surface area (Å²) in [6.07, 6.45) is 7.28. The summed E-state index contributed by atoms with van der Waals surface area (Å²) in [6.45, 7) is 0. The molecule has 0 radical (unpaired) electrons. The van der Waals surface area contributed by atoms with Crippen molar-refractivity contribution < 1.29 is 4.79 Å². The monoisotopic (exact) mass is 360 g/mol. The van der Waals surface area contributed by atoms with Crippen LogP contribution in [0.5, 0.6) is 0 Å². The number of H-pyrrole nitrogens is 1. The number of nitrogens with zero attached hydrogens (tertiary/aromatic N) is 1. The molecule has 134 valence electrons. The maximum absolute atomic E-state index is 12.9. The average molecular weight is 361 g/mol. The van der Waals surface area contributed by atoms with Crippen LogP contribution in [0.3, 0.4) is 0 Å². The molecule has 2 atom stereocenters. The molecule has 0 spiro atoms. The Morgan fingerprint density at radius 2 is 1.84 bits per heavy atom. The first-order valence-corrected chi connectivity index (χ1v) is 8.87. The molecule has 2 bridgehead atoms.